The molecule has 0 saturated heterocycles. The summed E-state index contributed by atoms with van der Waals surface area (Å²) in [5, 5.41) is 2.30. The second-order valence-electron chi connectivity index (χ2n) is 9.24. The number of benzene rings is 2. The van der Waals surface area contributed by atoms with Crippen LogP contribution in [0, 0.1) is 0 Å². The fraction of sp³-hybridized carbons (Fsp3) is 0.320. The van der Waals surface area contributed by atoms with Crippen LogP contribution in [-0.4, -0.2) is 50.5 Å². The van der Waals surface area contributed by atoms with E-state index in [-0.39, 0.29) is 24.3 Å². The predicted octanol–water partition coefficient (Wildman–Crippen LogP) is 5.03. The normalized spacial score (nSPS) is 16.6. The third-order valence-electron chi connectivity index (χ3n) is 6.37. The minimum Gasteiger partial charge on any atom is -0.348 e. The maximum Gasteiger partial charge on any atom is 0.265 e. The molecule has 2 aromatic carbocycles. The zero-order chi connectivity index (χ0) is 27.8. The van der Waals surface area contributed by atoms with Crippen LogP contribution in [0.25, 0.3) is 16.3 Å². The Kier molecular flexibility index (Phi) is 8.30. The van der Waals surface area contributed by atoms with Gasteiger partial charge >= 0.3 is 0 Å². The van der Waals surface area contributed by atoms with Crippen molar-refractivity contribution in [3.05, 3.63) is 63.7 Å². The van der Waals surface area contributed by atoms with Gasteiger partial charge in [-0.1, -0.05) is 40.8 Å². The van der Waals surface area contributed by atoms with E-state index >= 15 is 0 Å². The summed E-state index contributed by atoms with van der Waals surface area (Å²) < 4.78 is 67.2. The van der Waals surface area contributed by atoms with Gasteiger partial charge in [-0.3, -0.25) is 9.11 Å². The lowest BCUT2D eigenvalue weighted by Gasteiger charge is -2.20. The fourth-order valence-electron chi connectivity index (χ4n) is 4.64. The Hall–Kier alpha value is -2.13. The summed E-state index contributed by atoms with van der Waals surface area (Å²) in [6.07, 6.45) is 7.62. The molecule has 14 heteroatoms. The highest BCUT2D eigenvalue weighted by Gasteiger charge is 2.29. The molecule has 2 N–H and O–H groups in total. The van der Waals surface area contributed by atoms with Gasteiger partial charge in [-0.2, -0.15) is 21.4 Å². The number of hydrogen-bond acceptors (Lipinski definition) is 8. The third kappa shape index (κ3) is 6.96. The number of aromatic nitrogens is 1. The Bertz CT molecular complexity index is 1680. The highest BCUT2D eigenvalue weighted by molar-refractivity contribution is 8.04. The van der Waals surface area contributed by atoms with Crippen molar-refractivity contribution in [3.63, 3.8) is 0 Å². The molecule has 0 fully saturated rings. The second-order valence-corrected chi connectivity index (χ2v) is 14.9. The first-order valence-electron chi connectivity index (χ1n) is 12.2. The first-order valence-corrected chi connectivity index (χ1v) is 17.5. The summed E-state index contributed by atoms with van der Waals surface area (Å²) in [5.74, 6) is -0.702. The molecule has 0 atom stereocenters. The van der Waals surface area contributed by atoms with Crippen molar-refractivity contribution in [1.29, 1.82) is 0 Å². The van der Waals surface area contributed by atoms with Gasteiger partial charge in [0.15, 0.2) is 6.54 Å². The summed E-state index contributed by atoms with van der Waals surface area (Å²) in [7, 11) is -8.19. The van der Waals surface area contributed by atoms with Crippen molar-refractivity contribution >= 4 is 82.6 Å². The highest BCUT2D eigenvalue weighted by atomic mass is 35.5. The summed E-state index contributed by atoms with van der Waals surface area (Å²) in [4.78, 5) is 5.13. The van der Waals surface area contributed by atoms with Gasteiger partial charge in [-0.15, -0.1) is 0 Å². The Morgan fingerprint density at radius 1 is 1.03 bits per heavy atom. The Morgan fingerprint density at radius 3 is 2.51 bits per heavy atom. The lowest BCUT2D eigenvalue weighted by molar-refractivity contribution is -0.668. The van der Waals surface area contributed by atoms with E-state index in [1.54, 1.807) is 17.4 Å². The van der Waals surface area contributed by atoms with E-state index in [4.69, 9.17) is 11.6 Å². The maximum atomic E-state index is 11.4. The van der Waals surface area contributed by atoms with Crippen molar-refractivity contribution in [2.24, 2.45) is 0 Å². The predicted molar refractivity (Wildman–Crippen MR) is 158 cm³/mol. The van der Waals surface area contributed by atoms with Gasteiger partial charge in [0.2, 0.25) is 5.52 Å². The molecule has 2 aliphatic rings. The number of rotatable bonds is 10. The molecule has 3 aromatic rings. The van der Waals surface area contributed by atoms with Crippen LogP contribution in [0.1, 0.15) is 24.3 Å². The van der Waals surface area contributed by atoms with Crippen molar-refractivity contribution in [3.8, 4) is 0 Å². The zero-order valence-corrected chi connectivity index (χ0v) is 24.8. The average molecular weight is 629 g/mol. The van der Waals surface area contributed by atoms with Gasteiger partial charge in [0.25, 0.3) is 25.2 Å². The molecular formula is C25H27ClN3O6S4+. The van der Waals surface area contributed by atoms with E-state index in [1.165, 1.54) is 11.8 Å². The lowest BCUT2D eigenvalue weighted by atomic mass is 10.2. The van der Waals surface area contributed by atoms with Gasteiger partial charge in [-0.25, -0.2) is 0 Å². The second kappa shape index (κ2) is 11.4. The van der Waals surface area contributed by atoms with Gasteiger partial charge in [-0.05, 0) is 43.2 Å². The average Bonchev–Trinajstić information content (AvgIpc) is 3.57. The highest BCUT2D eigenvalue weighted by Crippen LogP contribution is 2.48. The third-order valence-corrected chi connectivity index (χ3v) is 10.4. The molecule has 2 aliphatic heterocycles. The number of halogens is 1. The summed E-state index contributed by atoms with van der Waals surface area (Å²) in [6, 6.07) is 11.8. The molecule has 0 unspecified atom stereocenters. The molecule has 0 spiro atoms. The molecule has 0 radical (unpaired) electrons. The lowest BCUT2D eigenvalue weighted by Crippen LogP contribution is -2.36. The van der Waals surface area contributed by atoms with E-state index in [9.17, 15) is 25.9 Å². The van der Waals surface area contributed by atoms with Gasteiger partial charge in [0.05, 0.1) is 28.3 Å². The van der Waals surface area contributed by atoms with Crippen LogP contribution in [0.15, 0.2) is 58.6 Å². The molecule has 0 amide bonds. The molecule has 39 heavy (non-hydrogen) atoms. The van der Waals surface area contributed by atoms with Crippen molar-refractivity contribution < 1.29 is 30.5 Å². The summed E-state index contributed by atoms with van der Waals surface area (Å²) in [6.45, 7) is 1.63. The smallest absolute Gasteiger partial charge is 0.265 e. The number of aryl methyl sites for hydroxylation is 1. The van der Waals surface area contributed by atoms with E-state index in [2.05, 4.69) is 39.9 Å². The molecular weight excluding hydrogens is 602 g/mol. The van der Waals surface area contributed by atoms with E-state index in [0.29, 0.717) is 18.1 Å². The van der Waals surface area contributed by atoms with Crippen LogP contribution in [0.5, 0.6) is 0 Å². The van der Waals surface area contributed by atoms with Gasteiger partial charge in [0.1, 0.15) is 4.70 Å². The SMILES string of the molecule is O=S(=O)(O)CCCN1C(=Cc2sc3ccc(N4C=CCC4)cc3[n+]2CCCS(=O)(=O)O)Sc2ccc(Cl)cc21. The molecule has 208 valence electrons. The monoisotopic (exact) mass is 628 g/mol. The molecule has 3 heterocycles. The first-order chi connectivity index (χ1) is 18.5. The number of thiazole rings is 1. The zero-order valence-electron chi connectivity index (χ0n) is 20.7. The molecule has 1 aromatic heterocycles. The van der Waals surface area contributed by atoms with E-state index in [0.717, 1.165) is 49.5 Å². The van der Waals surface area contributed by atoms with Crippen LogP contribution in [-0.2, 0) is 26.8 Å². The largest absolute Gasteiger partial charge is 0.348 e. The van der Waals surface area contributed by atoms with Crippen molar-refractivity contribution in [1.82, 2.24) is 0 Å². The maximum absolute atomic E-state index is 11.4. The van der Waals surface area contributed by atoms with Crippen molar-refractivity contribution in [2.75, 3.05) is 34.4 Å². The summed E-state index contributed by atoms with van der Waals surface area (Å²) in [5.41, 5.74) is 2.86. The Morgan fingerprint density at radius 2 is 1.79 bits per heavy atom. The van der Waals surface area contributed by atoms with E-state index in [1.807, 2.05) is 23.1 Å². The minimum atomic E-state index is -4.10. The summed E-state index contributed by atoms with van der Waals surface area (Å²) >= 11 is 9.37. The number of anilines is 2. The number of nitrogens with zero attached hydrogens (tertiary/aromatic N) is 3. The number of fused-ring (bicyclic) bond motifs is 2. The quantitative estimate of drug-likeness (QED) is 0.235. The number of thioether (sulfide) groups is 1. The van der Waals surface area contributed by atoms with Crippen LogP contribution < -0.4 is 14.4 Å². The minimum absolute atomic E-state index is 0.218. The van der Waals surface area contributed by atoms with Crippen LogP contribution >= 0.6 is 34.7 Å². The first kappa shape index (κ1) is 28.4. The van der Waals surface area contributed by atoms with Crippen LogP contribution in [0.4, 0.5) is 11.4 Å². The van der Waals surface area contributed by atoms with Gasteiger partial charge < -0.3 is 9.80 Å². The molecule has 0 bridgehead atoms. The van der Waals surface area contributed by atoms with Crippen LogP contribution in [0.2, 0.25) is 5.02 Å². The molecule has 0 aliphatic carbocycles. The van der Waals surface area contributed by atoms with Crippen LogP contribution in [0.3, 0.4) is 0 Å². The topological polar surface area (TPSA) is 119 Å². The molecule has 5 rings (SSSR count). The van der Waals surface area contributed by atoms with Crippen molar-refractivity contribution in [2.45, 2.75) is 30.7 Å². The Balaban J connectivity index is 1.54. The Labute approximate surface area is 240 Å². The fourth-order valence-corrected chi connectivity index (χ4v) is 8.08. The number of hydrogen-bond donors (Lipinski definition) is 2. The van der Waals surface area contributed by atoms with Gasteiger partial charge in [0, 0.05) is 47.4 Å². The van der Waals surface area contributed by atoms with E-state index < -0.39 is 20.2 Å². The molecule has 9 nitrogen and oxygen atoms in total. The standard InChI is InChI=1S/C25H26ClN3O6S4/c26-18-5-7-22-20(15-18)28(11-3-13-38(30,31)32)24(36-22)17-25-29(12-4-14-39(33,34)35)21-16-19(6-8-23(21)37-25)27-9-1-2-10-27/h1,5-9,15-17H,2-4,10-14H2,(H-,30,31,32,33,34,35)/p+1. The molecule has 0 saturated carbocycles.